The number of hydrogen-bond acceptors (Lipinski definition) is 3. The summed E-state index contributed by atoms with van der Waals surface area (Å²) in [5.74, 6) is 0.966. The molecule has 1 aliphatic heterocycles. The van der Waals surface area contributed by atoms with Gasteiger partial charge in [0, 0.05) is 18.4 Å². The van der Waals surface area contributed by atoms with Gasteiger partial charge in [0.2, 0.25) is 0 Å². The fourth-order valence-electron chi connectivity index (χ4n) is 2.07. The molecule has 0 fully saturated rings. The zero-order chi connectivity index (χ0) is 11.8. The van der Waals surface area contributed by atoms with Gasteiger partial charge < -0.3 is 15.6 Å². The fourth-order valence-corrected chi connectivity index (χ4v) is 2.07. The van der Waals surface area contributed by atoms with E-state index in [0.29, 0.717) is 6.54 Å². The van der Waals surface area contributed by atoms with E-state index in [-0.39, 0.29) is 18.1 Å². The van der Waals surface area contributed by atoms with E-state index in [2.05, 4.69) is 13.0 Å². The first-order chi connectivity index (χ1) is 7.59. The van der Waals surface area contributed by atoms with Crippen molar-refractivity contribution in [2.24, 2.45) is 5.73 Å². The Morgan fingerprint density at radius 3 is 2.94 bits per heavy atom. The lowest BCUT2D eigenvalue weighted by Crippen LogP contribution is -2.35. The highest BCUT2D eigenvalue weighted by atomic mass is 16.5. The summed E-state index contributed by atoms with van der Waals surface area (Å²) >= 11 is 0. The number of aliphatic hydroxyl groups is 1. The van der Waals surface area contributed by atoms with Crippen molar-refractivity contribution >= 4 is 0 Å². The zero-order valence-corrected chi connectivity index (χ0v) is 9.86. The number of benzene rings is 1. The molecule has 88 valence electrons. The molecule has 1 aromatic carbocycles. The Kier molecular flexibility index (Phi) is 2.91. The Hall–Kier alpha value is -1.06. The smallest absolute Gasteiger partial charge is 0.123 e. The molecule has 0 saturated heterocycles. The molecule has 0 bridgehead atoms. The molecule has 1 aliphatic rings. The van der Waals surface area contributed by atoms with E-state index in [0.717, 1.165) is 17.7 Å². The molecular weight excluding hydrogens is 202 g/mol. The minimum Gasteiger partial charge on any atom is -0.490 e. The molecule has 3 N–H and O–H groups in total. The van der Waals surface area contributed by atoms with Crippen LogP contribution in [0.3, 0.4) is 0 Å². The maximum atomic E-state index is 9.43. The summed E-state index contributed by atoms with van der Waals surface area (Å²) in [6.07, 6.45) is 1.19. The fraction of sp³-hybridized carbons (Fsp3) is 0.538. The SMILES string of the molecule is CC1Cc2cc(C(C)(CN)CO)ccc2O1. The number of aliphatic hydroxyl groups excluding tert-OH is 1. The summed E-state index contributed by atoms with van der Waals surface area (Å²) in [6, 6.07) is 6.10. The summed E-state index contributed by atoms with van der Waals surface area (Å²) in [5, 5.41) is 9.43. The number of rotatable bonds is 3. The van der Waals surface area contributed by atoms with Crippen LogP contribution in [-0.2, 0) is 11.8 Å². The van der Waals surface area contributed by atoms with E-state index in [1.54, 1.807) is 0 Å². The van der Waals surface area contributed by atoms with Crippen molar-refractivity contribution in [3.05, 3.63) is 29.3 Å². The minimum atomic E-state index is -0.346. The van der Waals surface area contributed by atoms with Gasteiger partial charge in [0.05, 0.1) is 6.61 Å². The first-order valence-electron chi connectivity index (χ1n) is 5.70. The van der Waals surface area contributed by atoms with Crippen molar-refractivity contribution in [3.63, 3.8) is 0 Å². The van der Waals surface area contributed by atoms with Crippen molar-refractivity contribution in [1.29, 1.82) is 0 Å². The van der Waals surface area contributed by atoms with Crippen molar-refractivity contribution in [2.75, 3.05) is 13.2 Å². The van der Waals surface area contributed by atoms with Crippen LogP contribution in [0.1, 0.15) is 25.0 Å². The molecular formula is C13H19NO2. The van der Waals surface area contributed by atoms with Crippen LogP contribution in [0, 0.1) is 0 Å². The molecule has 2 atom stereocenters. The van der Waals surface area contributed by atoms with Crippen LogP contribution in [0.4, 0.5) is 0 Å². The third kappa shape index (κ3) is 1.81. The van der Waals surface area contributed by atoms with Crippen LogP contribution in [0.2, 0.25) is 0 Å². The van der Waals surface area contributed by atoms with Crippen LogP contribution < -0.4 is 10.5 Å². The number of fused-ring (bicyclic) bond motifs is 1. The van der Waals surface area contributed by atoms with Gasteiger partial charge in [0.15, 0.2) is 0 Å². The van der Waals surface area contributed by atoms with Gasteiger partial charge >= 0.3 is 0 Å². The van der Waals surface area contributed by atoms with E-state index in [1.165, 1.54) is 5.56 Å². The number of ether oxygens (including phenoxy) is 1. The average molecular weight is 221 g/mol. The Morgan fingerprint density at radius 2 is 2.31 bits per heavy atom. The topological polar surface area (TPSA) is 55.5 Å². The van der Waals surface area contributed by atoms with Crippen molar-refractivity contribution in [1.82, 2.24) is 0 Å². The second kappa shape index (κ2) is 4.07. The minimum absolute atomic E-state index is 0.0682. The maximum absolute atomic E-state index is 9.43. The monoisotopic (exact) mass is 221 g/mol. The van der Waals surface area contributed by atoms with Crippen LogP contribution in [0.25, 0.3) is 0 Å². The summed E-state index contributed by atoms with van der Waals surface area (Å²) in [7, 11) is 0. The molecule has 0 aliphatic carbocycles. The highest BCUT2D eigenvalue weighted by molar-refractivity contribution is 5.43. The second-order valence-corrected chi connectivity index (χ2v) is 4.88. The summed E-state index contributed by atoms with van der Waals surface area (Å²) in [5.41, 5.74) is 7.70. The molecule has 0 aromatic heterocycles. The summed E-state index contributed by atoms with van der Waals surface area (Å²) < 4.78 is 5.65. The molecule has 1 heterocycles. The van der Waals surface area contributed by atoms with Gasteiger partial charge in [-0.05, 0) is 24.1 Å². The number of nitrogens with two attached hydrogens (primary N) is 1. The Balaban J connectivity index is 2.35. The van der Waals surface area contributed by atoms with Crippen LogP contribution >= 0.6 is 0 Å². The third-order valence-electron chi connectivity index (χ3n) is 3.39. The van der Waals surface area contributed by atoms with Crippen LogP contribution in [-0.4, -0.2) is 24.4 Å². The molecule has 3 heteroatoms. The van der Waals surface area contributed by atoms with Gasteiger partial charge in [-0.15, -0.1) is 0 Å². The molecule has 0 amide bonds. The third-order valence-corrected chi connectivity index (χ3v) is 3.39. The average Bonchev–Trinajstić information content (AvgIpc) is 2.67. The van der Waals surface area contributed by atoms with Gasteiger partial charge in [0.1, 0.15) is 11.9 Å². The molecule has 16 heavy (non-hydrogen) atoms. The van der Waals surface area contributed by atoms with E-state index in [1.807, 2.05) is 19.1 Å². The van der Waals surface area contributed by atoms with Crippen molar-refractivity contribution in [3.8, 4) is 5.75 Å². The normalized spacial score (nSPS) is 22.4. The highest BCUT2D eigenvalue weighted by Crippen LogP contribution is 2.33. The van der Waals surface area contributed by atoms with Crippen LogP contribution in [0.15, 0.2) is 18.2 Å². The lowest BCUT2D eigenvalue weighted by atomic mass is 9.82. The molecule has 0 saturated carbocycles. The van der Waals surface area contributed by atoms with Crippen molar-refractivity contribution in [2.45, 2.75) is 31.8 Å². The second-order valence-electron chi connectivity index (χ2n) is 4.88. The van der Waals surface area contributed by atoms with Gasteiger partial charge in [-0.3, -0.25) is 0 Å². The Morgan fingerprint density at radius 1 is 1.56 bits per heavy atom. The lowest BCUT2D eigenvalue weighted by molar-refractivity contribution is 0.210. The van der Waals surface area contributed by atoms with E-state index < -0.39 is 0 Å². The maximum Gasteiger partial charge on any atom is 0.123 e. The van der Waals surface area contributed by atoms with Gasteiger partial charge in [-0.25, -0.2) is 0 Å². The molecule has 2 rings (SSSR count). The first-order valence-corrected chi connectivity index (χ1v) is 5.70. The predicted octanol–water partition coefficient (Wildman–Crippen LogP) is 1.22. The summed E-state index contributed by atoms with van der Waals surface area (Å²) in [4.78, 5) is 0. The lowest BCUT2D eigenvalue weighted by Gasteiger charge is -2.26. The molecule has 1 aromatic rings. The molecule has 3 nitrogen and oxygen atoms in total. The predicted molar refractivity (Wildman–Crippen MR) is 63.7 cm³/mol. The number of hydrogen-bond donors (Lipinski definition) is 2. The van der Waals surface area contributed by atoms with Crippen molar-refractivity contribution < 1.29 is 9.84 Å². The van der Waals surface area contributed by atoms with E-state index in [9.17, 15) is 5.11 Å². The van der Waals surface area contributed by atoms with Gasteiger partial charge in [-0.1, -0.05) is 19.1 Å². The molecule has 0 spiro atoms. The van der Waals surface area contributed by atoms with Gasteiger partial charge in [-0.2, -0.15) is 0 Å². The molecule has 2 unspecified atom stereocenters. The Labute approximate surface area is 96.2 Å². The van der Waals surface area contributed by atoms with E-state index >= 15 is 0 Å². The first kappa shape index (κ1) is 11.4. The zero-order valence-electron chi connectivity index (χ0n) is 9.86. The molecule has 0 radical (unpaired) electrons. The summed E-state index contributed by atoms with van der Waals surface area (Å²) in [6.45, 7) is 4.55. The quantitative estimate of drug-likeness (QED) is 0.807. The van der Waals surface area contributed by atoms with Crippen LogP contribution in [0.5, 0.6) is 5.75 Å². The van der Waals surface area contributed by atoms with E-state index in [4.69, 9.17) is 10.5 Å². The van der Waals surface area contributed by atoms with Gasteiger partial charge in [0.25, 0.3) is 0 Å². The largest absolute Gasteiger partial charge is 0.490 e. The Bertz CT molecular complexity index is 386. The standard InChI is InChI=1S/C13H19NO2/c1-9-5-10-6-11(3-4-12(10)16-9)13(2,7-14)8-15/h3-4,6,9,15H,5,7-8,14H2,1-2H3. The highest BCUT2D eigenvalue weighted by Gasteiger charge is 2.27.